The van der Waals surface area contributed by atoms with Crippen LogP contribution in [-0.4, -0.2) is 32.4 Å². The van der Waals surface area contributed by atoms with Crippen LogP contribution in [0.5, 0.6) is 0 Å². The van der Waals surface area contributed by atoms with E-state index in [0.717, 1.165) is 42.9 Å². The number of aryl methyl sites for hydroxylation is 3. The molecule has 2 aromatic heterocycles. The number of pyridine rings is 1. The van der Waals surface area contributed by atoms with E-state index >= 15 is 0 Å². The lowest BCUT2D eigenvalue weighted by Crippen LogP contribution is -2.32. The second-order valence-corrected chi connectivity index (χ2v) is 5.36. The summed E-state index contributed by atoms with van der Waals surface area (Å²) in [6.07, 6.45) is 7.78. The standard InChI is InChI=1S/C15H19N5O/c1-19-11-12(17-18-19)7-8-15(21)20-10-3-2-5-13-14(20)6-4-9-16-13/h4,6,9,11H,2-3,5,7-8,10H2,1H3. The maximum Gasteiger partial charge on any atom is 0.227 e. The highest BCUT2D eigenvalue weighted by Gasteiger charge is 2.21. The maximum atomic E-state index is 12.5. The summed E-state index contributed by atoms with van der Waals surface area (Å²) in [5.74, 6) is 0.136. The Labute approximate surface area is 123 Å². The van der Waals surface area contributed by atoms with Crippen molar-refractivity contribution in [2.75, 3.05) is 11.4 Å². The summed E-state index contributed by atoms with van der Waals surface area (Å²) in [5.41, 5.74) is 2.86. The number of hydrogen-bond donors (Lipinski definition) is 0. The molecule has 1 aliphatic rings. The molecule has 0 fully saturated rings. The lowest BCUT2D eigenvalue weighted by atomic mass is 10.2. The minimum atomic E-state index is 0.136. The van der Waals surface area contributed by atoms with Crippen molar-refractivity contribution in [1.29, 1.82) is 0 Å². The number of hydrogen-bond acceptors (Lipinski definition) is 4. The molecule has 0 saturated carbocycles. The number of carbonyl (C=O) groups is 1. The summed E-state index contributed by atoms with van der Waals surface area (Å²) in [5, 5.41) is 7.92. The molecule has 0 radical (unpaired) electrons. The fraction of sp³-hybridized carbons (Fsp3) is 0.467. The van der Waals surface area contributed by atoms with Gasteiger partial charge in [0.25, 0.3) is 0 Å². The largest absolute Gasteiger partial charge is 0.311 e. The number of aromatic nitrogens is 4. The average Bonchev–Trinajstić information content (AvgIpc) is 2.79. The Morgan fingerprint density at radius 3 is 3.10 bits per heavy atom. The van der Waals surface area contributed by atoms with Crippen LogP contribution in [0.3, 0.4) is 0 Å². The molecule has 110 valence electrons. The van der Waals surface area contributed by atoms with Gasteiger partial charge in [0.15, 0.2) is 0 Å². The van der Waals surface area contributed by atoms with Crippen molar-refractivity contribution in [3.8, 4) is 0 Å². The predicted octanol–water partition coefficient (Wildman–Crippen LogP) is 1.51. The first-order valence-corrected chi connectivity index (χ1v) is 7.33. The van der Waals surface area contributed by atoms with Crippen LogP contribution in [0.2, 0.25) is 0 Å². The van der Waals surface area contributed by atoms with E-state index in [-0.39, 0.29) is 5.91 Å². The van der Waals surface area contributed by atoms with E-state index in [9.17, 15) is 4.79 Å². The third kappa shape index (κ3) is 3.09. The van der Waals surface area contributed by atoms with Gasteiger partial charge >= 0.3 is 0 Å². The normalized spacial score (nSPS) is 14.6. The first-order valence-electron chi connectivity index (χ1n) is 7.33. The first-order chi connectivity index (χ1) is 10.2. The highest BCUT2D eigenvalue weighted by Crippen LogP contribution is 2.25. The molecule has 2 aromatic rings. The lowest BCUT2D eigenvalue weighted by Gasteiger charge is -2.22. The Balaban J connectivity index is 1.72. The fourth-order valence-electron chi connectivity index (χ4n) is 2.69. The van der Waals surface area contributed by atoms with E-state index in [1.54, 1.807) is 10.9 Å². The minimum Gasteiger partial charge on any atom is -0.311 e. The molecule has 3 heterocycles. The Morgan fingerprint density at radius 2 is 2.29 bits per heavy atom. The Hall–Kier alpha value is -2.24. The predicted molar refractivity (Wildman–Crippen MR) is 78.9 cm³/mol. The van der Waals surface area contributed by atoms with Gasteiger partial charge in [0, 0.05) is 38.8 Å². The number of rotatable bonds is 3. The molecule has 0 atom stereocenters. The van der Waals surface area contributed by atoms with Crippen LogP contribution in [0.4, 0.5) is 5.69 Å². The third-order valence-electron chi connectivity index (χ3n) is 3.75. The number of nitrogens with zero attached hydrogens (tertiary/aromatic N) is 5. The number of carbonyl (C=O) groups excluding carboxylic acids is 1. The van der Waals surface area contributed by atoms with Gasteiger partial charge in [-0.2, -0.15) is 0 Å². The number of anilines is 1. The van der Waals surface area contributed by atoms with Gasteiger partial charge in [0.1, 0.15) is 0 Å². The van der Waals surface area contributed by atoms with Crippen molar-refractivity contribution in [3.05, 3.63) is 35.9 Å². The van der Waals surface area contributed by atoms with Gasteiger partial charge in [-0.3, -0.25) is 14.5 Å². The molecule has 3 rings (SSSR count). The zero-order valence-corrected chi connectivity index (χ0v) is 12.2. The lowest BCUT2D eigenvalue weighted by molar-refractivity contribution is -0.118. The van der Waals surface area contributed by atoms with Crippen molar-refractivity contribution in [2.45, 2.75) is 32.1 Å². The molecule has 0 saturated heterocycles. The van der Waals surface area contributed by atoms with Crippen molar-refractivity contribution in [3.63, 3.8) is 0 Å². The number of fused-ring (bicyclic) bond motifs is 1. The molecule has 21 heavy (non-hydrogen) atoms. The van der Waals surface area contributed by atoms with E-state index in [0.29, 0.717) is 12.8 Å². The quantitative estimate of drug-likeness (QED) is 0.857. The Morgan fingerprint density at radius 1 is 1.38 bits per heavy atom. The van der Waals surface area contributed by atoms with Crippen molar-refractivity contribution in [2.24, 2.45) is 7.05 Å². The van der Waals surface area contributed by atoms with E-state index in [4.69, 9.17) is 0 Å². The van der Waals surface area contributed by atoms with E-state index < -0.39 is 0 Å². The van der Waals surface area contributed by atoms with Crippen molar-refractivity contribution >= 4 is 11.6 Å². The van der Waals surface area contributed by atoms with E-state index in [2.05, 4.69) is 15.3 Å². The smallest absolute Gasteiger partial charge is 0.227 e. The molecular formula is C15H19N5O. The first kappa shape index (κ1) is 13.7. The fourth-order valence-corrected chi connectivity index (χ4v) is 2.69. The summed E-state index contributed by atoms with van der Waals surface area (Å²) >= 11 is 0. The molecule has 6 heteroatoms. The molecule has 0 aliphatic carbocycles. The van der Waals surface area contributed by atoms with E-state index in [1.165, 1.54) is 0 Å². The molecule has 1 aliphatic heterocycles. The van der Waals surface area contributed by atoms with Gasteiger partial charge < -0.3 is 4.90 Å². The zero-order valence-electron chi connectivity index (χ0n) is 12.2. The SMILES string of the molecule is Cn1cc(CCC(=O)N2CCCCc3ncccc32)nn1. The van der Waals surface area contributed by atoms with Gasteiger partial charge in [-0.1, -0.05) is 5.21 Å². The maximum absolute atomic E-state index is 12.5. The average molecular weight is 285 g/mol. The molecule has 6 nitrogen and oxygen atoms in total. The summed E-state index contributed by atoms with van der Waals surface area (Å²) in [6, 6.07) is 3.89. The van der Waals surface area contributed by atoms with Crippen LogP contribution in [0, 0.1) is 0 Å². The van der Waals surface area contributed by atoms with Gasteiger partial charge in [0.2, 0.25) is 5.91 Å². The second-order valence-electron chi connectivity index (χ2n) is 5.36. The van der Waals surface area contributed by atoms with Crippen LogP contribution in [0.1, 0.15) is 30.7 Å². The molecule has 0 unspecified atom stereocenters. The van der Waals surface area contributed by atoms with Crippen LogP contribution < -0.4 is 4.90 Å². The highest BCUT2D eigenvalue weighted by atomic mass is 16.2. The van der Waals surface area contributed by atoms with Crippen LogP contribution in [0.15, 0.2) is 24.5 Å². The van der Waals surface area contributed by atoms with Gasteiger partial charge in [-0.25, -0.2) is 0 Å². The molecular weight excluding hydrogens is 266 g/mol. The van der Waals surface area contributed by atoms with Crippen LogP contribution in [-0.2, 0) is 24.7 Å². The minimum absolute atomic E-state index is 0.136. The molecule has 0 aromatic carbocycles. The van der Waals surface area contributed by atoms with E-state index in [1.807, 2.05) is 30.3 Å². The van der Waals surface area contributed by atoms with Crippen LogP contribution >= 0.6 is 0 Å². The molecule has 0 bridgehead atoms. The summed E-state index contributed by atoms with van der Waals surface area (Å²) in [7, 11) is 1.83. The Bertz CT molecular complexity index is 636. The zero-order chi connectivity index (χ0) is 14.7. The van der Waals surface area contributed by atoms with Crippen LogP contribution in [0.25, 0.3) is 0 Å². The van der Waals surface area contributed by atoms with Gasteiger partial charge in [-0.15, -0.1) is 5.10 Å². The van der Waals surface area contributed by atoms with Gasteiger partial charge in [-0.05, 0) is 31.4 Å². The molecule has 0 spiro atoms. The highest BCUT2D eigenvalue weighted by molar-refractivity contribution is 5.94. The molecule has 1 amide bonds. The Kier molecular flexibility index (Phi) is 3.94. The summed E-state index contributed by atoms with van der Waals surface area (Å²) in [4.78, 5) is 18.8. The third-order valence-corrected chi connectivity index (χ3v) is 3.75. The monoisotopic (exact) mass is 285 g/mol. The molecule has 0 N–H and O–H groups in total. The van der Waals surface area contributed by atoms with Gasteiger partial charge in [0.05, 0.1) is 17.1 Å². The summed E-state index contributed by atoms with van der Waals surface area (Å²) < 4.78 is 1.66. The summed E-state index contributed by atoms with van der Waals surface area (Å²) in [6.45, 7) is 0.776. The second kappa shape index (κ2) is 6.03. The van der Waals surface area contributed by atoms with Crippen molar-refractivity contribution in [1.82, 2.24) is 20.0 Å². The number of amides is 1. The topological polar surface area (TPSA) is 63.9 Å². The van der Waals surface area contributed by atoms with Crippen molar-refractivity contribution < 1.29 is 4.79 Å².